The lowest BCUT2D eigenvalue weighted by Gasteiger charge is -2.29. The number of nitrogens with two attached hydrogens (primary N) is 1. The van der Waals surface area contributed by atoms with Crippen molar-refractivity contribution in [1.29, 1.82) is 0 Å². The molecule has 0 radical (unpaired) electrons. The van der Waals surface area contributed by atoms with Crippen LogP contribution in [-0.4, -0.2) is 36.5 Å². The van der Waals surface area contributed by atoms with Gasteiger partial charge in [-0.05, 0) is 43.7 Å². The van der Waals surface area contributed by atoms with E-state index in [-0.39, 0.29) is 17.8 Å². The number of benzene rings is 1. The van der Waals surface area contributed by atoms with Gasteiger partial charge < -0.3 is 11.1 Å². The van der Waals surface area contributed by atoms with E-state index < -0.39 is 0 Å². The molecule has 18 heavy (non-hydrogen) atoms. The van der Waals surface area contributed by atoms with E-state index in [0.29, 0.717) is 12.2 Å². The van der Waals surface area contributed by atoms with Crippen LogP contribution in [-0.2, 0) is 4.79 Å². The third-order valence-corrected chi connectivity index (χ3v) is 3.04. The number of carbonyl (C=O) groups is 1. The van der Waals surface area contributed by atoms with E-state index >= 15 is 0 Å². The average Bonchev–Trinajstić information content (AvgIpc) is 2.32. The number of likely N-dealkylation sites (tertiary alicyclic amines) is 1. The topological polar surface area (TPSA) is 58.4 Å². The van der Waals surface area contributed by atoms with Crippen molar-refractivity contribution in [1.82, 2.24) is 4.90 Å². The number of carbonyl (C=O) groups excluding carboxylic acids is 1. The first-order valence-electron chi connectivity index (χ1n) is 6.17. The highest BCUT2D eigenvalue weighted by atomic mass is 19.1. The van der Waals surface area contributed by atoms with Crippen molar-refractivity contribution in [3.05, 3.63) is 30.1 Å². The summed E-state index contributed by atoms with van der Waals surface area (Å²) in [5, 5.41) is 2.74. The molecule has 0 bridgehead atoms. The van der Waals surface area contributed by atoms with Crippen LogP contribution in [0.2, 0.25) is 0 Å². The second-order valence-electron chi connectivity index (χ2n) is 4.69. The Hall–Kier alpha value is -1.46. The number of amides is 1. The van der Waals surface area contributed by atoms with Gasteiger partial charge in [-0.2, -0.15) is 0 Å². The Morgan fingerprint density at radius 1 is 1.44 bits per heavy atom. The van der Waals surface area contributed by atoms with E-state index in [4.69, 9.17) is 5.73 Å². The van der Waals surface area contributed by atoms with Gasteiger partial charge in [0.1, 0.15) is 5.82 Å². The third kappa shape index (κ3) is 3.78. The lowest BCUT2D eigenvalue weighted by Crippen LogP contribution is -2.45. The fourth-order valence-corrected chi connectivity index (χ4v) is 2.17. The predicted molar refractivity (Wildman–Crippen MR) is 68.7 cm³/mol. The molecule has 0 aromatic heterocycles. The number of piperidine rings is 1. The summed E-state index contributed by atoms with van der Waals surface area (Å²) in [5.41, 5.74) is 6.47. The molecule has 1 aromatic carbocycles. The average molecular weight is 251 g/mol. The second kappa shape index (κ2) is 5.93. The summed E-state index contributed by atoms with van der Waals surface area (Å²) >= 11 is 0. The number of halogens is 1. The molecule has 1 heterocycles. The normalized spacial score (nSPS) is 20.7. The minimum absolute atomic E-state index is 0.0873. The largest absolute Gasteiger partial charge is 0.327 e. The number of anilines is 1. The van der Waals surface area contributed by atoms with Gasteiger partial charge in [0.05, 0.1) is 6.54 Å². The molecule has 2 rings (SSSR count). The van der Waals surface area contributed by atoms with Gasteiger partial charge in [0.25, 0.3) is 0 Å². The summed E-state index contributed by atoms with van der Waals surface area (Å²) in [6.07, 6.45) is 2.06. The summed E-state index contributed by atoms with van der Waals surface area (Å²) in [6, 6.07) is 5.92. The molecule has 4 nitrogen and oxygen atoms in total. The van der Waals surface area contributed by atoms with Crippen molar-refractivity contribution in [2.75, 3.05) is 25.0 Å². The standard InChI is InChI=1S/C13H18FN3O/c14-10-3-5-12(6-4-10)16-13(18)9-17-7-1-2-11(15)8-17/h3-6,11H,1-2,7-9,15H2,(H,16,18). The molecule has 1 aromatic rings. The van der Waals surface area contributed by atoms with Crippen LogP contribution in [0.4, 0.5) is 10.1 Å². The van der Waals surface area contributed by atoms with E-state index in [1.807, 2.05) is 4.90 Å². The molecule has 5 heteroatoms. The predicted octanol–water partition coefficient (Wildman–Crippen LogP) is 1.19. The number of nitrogens with one attached hydrogen (secondary N) is 1. The first-order chi connectivity index (χ1) is 8.63. The van der Waals surface area contributed by atoms with Gasteiger partial charge in [0.2, 0.25) is 5.91 Å². The van der Waals surface area contributed by atoms with Gasteiger partial charge in [-0.1, -0.05) is 0 Å². The molecule has 98 valence electrons. The molecule has 0 saturated carbocycles. The summed E-state index contributed by atoms with van der Waals surface area (Å²) in [4.78, 5) is 13.8. The Balaban J connectivity index is 1.83. The van der Waals surface area contributed by atoms with Crippen LogP contribution >= 0.6 is 0 Å². The van der Waals surface area contributed by atoms with Crippen molar-refractivity contribution in [2.24, 2.45) is 5.73 Å². The van der Waals surface area contributed by atoms with Gasteiger partial charge >= 0.3 is 0 Å². The molecular weight excluding hydrogens is 233 g/mol. The maximum Gasteiger partial charge on any atom is 0.238 e. The summed E-state index contributed by atoms with van der Waals surface area (Å²) in [6.45, 7) is 2.01. The van der Waals surface area contributed by atoms with E-state index in [1.54, 1.807) is 12.1 Å². The van der Waals surface area contributed by atoms with Gasteiger partial charge in [-0.25, -0.2) is 4.39 Å². The molecular formula is C13H18FN3O. The zero-order valence-corrected chi connectivity index (χ0v) is 10.2. The van der Waals surface area contributed by atoms with E-state index in [0.717, 1.165) is 25.9 Å². The van der Waals surface area contributed by atoms with Crippen molar-refractivity contribution >= 4 is 11.6 Å². The monoisotopic (exact) mass is 251 g/mol. The summed E-state index contributed by atoms with van der Waals surface area (Å²) < 4.78 is 12.7. The van der Waals surface area contributed by atoms with Gasteiger partial charge in [0, 0.05) is 18.3 Å². The van der Waals surface area contributed by atoms with Crippen LogP contribution in [0.3, 0.4) is 0 Å². The third-order valence-electron chi connectivity index (χ3n) is 3.04. The van der Waals surface area contributed by atoms with E-state index in [1.165, 1.54) is 12.1 Å². The number of hydrogen-bond acceptors (Lipinski definition) is 3. The minimum atomic E-state index is -0.310. The molecule has 1 aliphatic rings. The van der Waals surface area contributed by atoms with E-state index in [9.17, 15) is 9.18 Å². The molecule has 1 unspecified atom stereocenters. The van der Waals surface area contributed by atoms with Crippen LogP contribution in [0.15, 0.2) is 24.3 Å². The second-order valence-corrected chi connectivity index (χ2v) is 4.69. The van der Waals surface area contributed by atoms with Crippen molar-refractivity contribution in [3.63, 3.8) is 0 Å². The lowest BCUT2D eigenvalue weighted by atomic mass is 10.1. The Bertz CT molecular complexity index is 407. The Kier molecular flexibility index (Phi) is 4.28. The maximum absolute atomic E-state index is 12.7. The van der Waals surface area contributed by atoms with Crippen LogP contribution in [0.1, 0.15) is 12.8 Å². The van der Waals surface area contributed by atoms with Crippen LogP contribution in [0, 0.1) is 5.82 Å². The zero-order valence-electron chi connectivity index (χ0n) is 10.2. The molecule has 1 atom stereocenters. The molecule has 1 fully saturated rings. The fraction of sp³-hybridized carbons (Fsp3) is 0.462. The number of nitrogens with zero attached hydrogens (tertiary/aromatic N) is 1. The Morgan fingerprint density at radius 2 is 2.17 bits per heavy atom. The maximum atomic E-state index is 12.7. The molecule has 0 spiro atoms. The number of hydrogen-bond donors (Lipinski definition) is 2. The molecule has 1 aliphatic heterocycles. The Labute approximate surface area is 106 Å². The van der Waals surface area contributed by atoms with Crippen LogP contribution < -0.4 is 11.1 Å². The first-order valence-corrected chi connectivity index (χ1v) is 6.17. The highest BCUT2D eigenvalue weighted by Gasteiger charge is 2.18. The van der Waals surface area contributed by atoms with Crippen molar-refractivity contribution < 1.29 is 9.18 Å². The van der Waals surface area contributed by atoms with Crippen molar-refractivity contribution in [2.45, 2.75) is 18.9 Å². The summed E-state index contributed by atoms with van der Waals surface area (Å²) in [7, 11) is 0. The zero-order chi connectivity index (χ0) is 13.0. The lowest BCUT2D eigenvalue weighted by molar-refractivity contribution is -0.117. The highest BCUT2D eigenvalue weighted by Crippen LogP contribution is 2.10. The minimum Gasteiger partial charge on any atom is -0.327 e. The van der Waals surface area contributed by atoms with Crippen LogP contribution in [0.5, 0.6) is 0 Å². The SMILES string of the molecule is NC1CCCN(CC(=O)Nc2ccc(F)cc2)C1. The van der Waals surface area contributed by atoms with Gasteiger partial charge in [-0.3, -0.25) is 9.69 Å². The van der Waals surface area contributed by atoms with Gasteiger partial charge in [-0.15, -0.1) is 0 Å². The molecule has 3 N–H and O–H groups in total. The fourth-order valence-electron chi connectivity index (χ4n) is 2.17. The Morgan fingerprint density at radius 3 is 2.83 bits per heavy atom. The first kappa shape index (κ1) is 13.0. The van der Waals surface area contributed by atoms with Crippen molar-refractivity contribution in [3.8, 4) is 0 Å². The summed E-state index contributed by atoms with van der Waals surface area (Å²) in [5.74, 6) is -0.397. The molecule has 1 saturated heterocycles. The molecule has 0 aliphatic carbocycles. The van der Waals surface area contributed by atoms with Gasteiger partial charge in [0.15, 0.2) is 0 Å². The quantitative estimate of drug-likeness (QED) is 0.848. The van der Waals surface area contributed by atoms with Crippen LogP contribution in [0.25, 0.3) is 0 Å². The number of rotatable bonds is 3. The molecule has 1 amide bonds. The van der Waals surface area contributed by atoms with E-state index in [2.05, 4.69) is 5.32 Å². The highest BCUT2D eigenvalue weighted by molar-refractivity contribution is 5.92. The smallest absolute Gasteiger partial charge is 0.238 e.